The minimum Gasteiger partial charge on any atom is -0.493 e. The van der Waals surface area contributed by atoms with Crippen LogP contribution >= 0.6 is 22.6 Å². The van der Waals surface area contributed by atoms with Crippen molar-refractivity contribution in [3.05, 3.63) is 77.6 Å². The summed E-state index contributed by atoms with van der Waals surface area (Å²) >= 11 is 2.07. The molecule has 0 unspecified atom stereocenters. The molecule has 11 nitrogen and oxygen atoms in total. The van der Waals surface area contributed by atoms with Crippen molar-refractivity contribution in [2.24, 2.45) is 0 Å². The predicted octanol–water partition coefficient (Wildman–Crippen LogP) is 5.35. The monoisotopic (exact) mass is 732 g/mol. The van der Waals surface area contributed by atoms with Crippen LogP contribution in [0, 0.1) is 0 Å². The standard InChI is InChI=1S/C33H37IN2O9/c1-41-27-17-23(18-28(42-2)31(27)43-3)30(34)32(39)36-15-5-4-11-25(36)33(40)45-26(13-12-21-8-7-14-35-19-21)22-9-6-10-24(16-22)44-20-29(37)38/h6-10,14,16-19,25-26,30H,4-5,11-13,15,20H2,1-3H3,(H,37,38)/t25-,26+,30-/m0/s1. The largest absolute Gasteiger partial charge is 0.493 e. The van der Waals surface area contributed by atoms with Gasteiger partial charge in [-0.15, -0.1) is 0 Å². The SMILES string of the molecule is COc1cc([C@H](I)C(=O)N2CCCC[C@H]2C(=O)O[C@H](CCc2cccnc2)c2cccc(OCC(=O)O)c2)cc(OC)c1OC. The number of esters is 1. The fourth-order valence-corrected chi connectivity index (χ4v) is 6.00. The summed E-state index contributed by atoms with van der Waals surface area (Å²) in [5, 5.41) is 9.03. The molecule has 1 amide bonds. The van der Waals surface area contributed by atoms with Crippen LogP contribution in [0.3, 0.4) is 0 Å². The molecule has 1 saturated heterocycles. The first kappa shape index (κ1) is 33.8. The van der Waals surface area contributed by atoms with Gasteiger partial charge in [0.15, 0.2) is 18.1 Å². The molecule has 1 fully saturated rings. The molecule has 0 saturated carbocycles. The van der Waals surface area contributed by atoms with E-state index in [0.29, 0.717) is 59.9 Å². The Morgan fingerprint density at radius 1 is 1.00 bits per heavy atom. The van der Waals surface area contributed by atoms with E-state index >= 15 is 0 Å². The Morgan fingerprint density at radius 2 is 1.76 bits per heavy atom. The van der Waals surface area contributed by atoms with E-state index in [1.165, 1.54) is 21.3 Å². The van der Waals surface area contributed by atoms with Gasteiger partial charge in [0.1, 0.15) is 21.8 Å². The molecule has 1 aromatic heterocycles. The molecule has 2 aromatic carbocycles. The number of hydrogen-bond acceptors (Lipinski definition) is 9. The third-order valence-electron chi connectivity index (χ3n) is 7.52. The molecule has 4 rings (SSSR count). The highest BCUT2D eigenvalue weighted by Crippen LogP contribution is 2.42. The summed E-state index contributed by atoms with van der Waals surface area (Å²) in [7, 11) is 4.54. The maximum Gasteiger partial charge on any atom is 0.341 e. The molecule has 45 heavy (non-hydrogen) atoms. The number of carbonyl (C=O) groups excluding carboxylic acids is 2. The number of carboxylic acid groups (broad SMARTS) is 1. The van der Waals surface area contributed by atoms with E-state index in [1.54, 1.807) is 47.6 Å². The Bertz CT molecular complexity index is 1440. The summed E-state index contributed by atoms with van der Waals surface area (Å²) in [6.07, 6.45) is 5.82. The summed E-state index contributed by atoms with van der Waals surface area (Å²) in [4.78, 5) is 44.6. The Labute approximate surface area is 275 Å². The van der Waals surface area contributed by atoms with Crippen LogP contribution in [0.2, 0.25) is 0 Å². The third kappa shape index (κ3) is 8.77. The number of ether oxygens (including phenoxy) is 5. The number of methoxy groups -OCH3 is 3. The quantitative estimate of drug-likeness (QED) is 0.132. The Kier molecular flexibility index (Phi) is 12.2. The summed E-state index contributed by atoms with van der Waals surface area (Å²) < 4.78 is 27.3. The molecular weight excluding hydrogens is 695 g/mol. The number of halogens is 1. The Morgan fingerprint density at radius 3 is 2.40 bits per heavy atom. The lowest BCUT2D eigenvalue weighted by molar-refractivity contribution is -0.162. The number of amides is 1. The van der Waals surface area contributed by atoms with Crippen LogP contribution in [-0.2, 0) is 25.5 Å². The van der Waals surface area contributed by atoms with Gasteiger partial charge in [-0.25, -0.2) is 9.59 Å². The number of likely N-dealkylation sites (tertiary alicyclic amines) is 1. The summed E-state index contributed by atoms with van der Waals surface area (Å²) in [5.41, 5.74) is 2.29. The second-order valence-electron chi connectivity index (χ2n) is 10.4. The van der Waals surface area contributed by atoms with Gasteiger partial charge in [-0.1, -0.05) is 40.8 Å². The average molecular weight is 733 g/mol. The third-order valence-corrected chi connectivity index (χ3v) is 8.78. The number of nitrogens with zero attached hydrogens (tertiary/aromatic N) is 2. The van der Waals surface area contributed by atoms with E-state index in [2.05, 4.69) is 27.6 Å². The molecule has 0 radical (unpaired) electrons. The molecule has 3 atom stereocenters. The highest BCUT2D eigenvalue weighted by Gasteiger charge is 2.38. The number of aryl methyl sites for hydroxylation is 1. The molecule has 0 aliphatic carbocycles. The number of hydrogen-bond donors (Lipinski definition) is 1. The van der Waals surface area contributed by atoms with Gasteiger partial charge in [0.25, 0.3) is 0 Å². The maximum absolute atomic E-state index is 13.9. The second-order valence-corrected chi connectivity index (χ2v) is 11.7. The summed E-state index contributed by atoms with van der Waals surface area (Å²) in [6.45, 7) is -0.0759. The zero-order chi connectivity index (χ0) is 32.3. The number of aliphatic carboxylic acids is 1. The van der Waals surface area contributed by atoms with E-state index in [-0.39, 0.29) is 5.91 Å². The molecule has 1 aliphatic rings. The van der Waals surface area contributed by atoms with Crippen LogP contribution in [-0.4, -0.2) is 73.4 Å². The summed E-state index contributed by atoms with van der Waals surface area (Å²) in [6, 6.07) is 13.4. The van der Waals surface area contributed by atoms with Crippen LogP contribution in [0.25, 0.3) is 0 Å². The van der Waals surface area contributed by atoms with Gasteiger partial charge in [-0.2, -0.15) is 0 Å². The van der Waals surface area contributed by atoms with Crippen LogP contribution in [0.1, 0.15) is 52.4 Å². The van der Waals surface area contributed by atoms with E-state index in [4.69, 9.17) is 28.8 Å². The number of piperidine rings is 1. The molecule has 12 heteroatoms. The molecule has 0 bridgehead atoms. The number of carbonyl (C=O) groups is 3. The van der Waals surface area contributed by atoms with Crippen molar-refractivity contribution < 1.29 is 43.2 Å². The molecule has 3 aromatic rings. The van der Waals surface area contributed by atoms with Crippen molar-refractivity contribution in [2.45, 2.75) is 48.2 Å². The minimum absolute atomic E-state index is 0.220. The van der Waals surface area contributed by atoms with Crippen molar-refractivity contribution in [2.75, 3.05) is 34.5 Å². The van der Waals surface area contributed by atoms with Crippen molar-refractivity contribution in [3.8, 4) is 23.0 Å². The number of pyridine rings is 1. The van der Waals surface area contributed by atoms with Gasteiger partial charge in [0, 0.05) is 18.9 Å². The van der Waals surface area contributed by atoms with Crippen molar-refractivity contribution in [1.29, 1.82) is 0 Å². The number of alkyl halides is 1. The lowest BCUT2D eigenvalue weighted by Gasteiger charge is -2.36. The average Bonchev–Trinajstić information content (AvgIpc) is 3.08. The van der Waals surface area contributed by atoms with Crippen LogP contribution < -0.4 is 18.9 Å². The molecular formula is C33H37IN2O9. The first-order valence-corrected chi connectivity index (χ1v) is 15.8. The first-order chi connectivity index (χ1) is 21.7. The van der Waals surface area contributed by atoms with Gasteiger partial charge in [-0.3, -0.25) is 9.78 Å². The van der Waals surface area contributed by atoms with E-state index in [9.17, 15) is 14.4 Å². The van der Waals surface area contributed by atoms with Crippen molar-refractivity contribution in [1.82, 2.24) is 9.88 Å². The number of carboxylic acids is 1. The van der Waals surface area contributed by atoms with Gasteiger partial charge < -0.3 is 33.7 Å². The summed E-state index contributed by atoms with van der Waals surface area (Å²) in [5.74, 6) is -0.169. The highest BCUT2D eigenvalue weighted by atomic mass is 127. The van der Waals surface area contributed by atoms with Gasteiger partial charge >= 0.3 is 11.9 Å². The van der Waals surface area contributed by atoms with Gasteiger partial charge in [-0.05, 0) is 79.1 Å². The fraction of sp³-hybridized carbons (Fsp3) is 0.394. The van der Waals surface area contributed by atoms with Gasteiger partial charge in [0.05, 0.1) is 21.3 Å². The van der Waals surface area contributed by atoms with E-state index < -0.39 is 34.6 Å². The Balaban J connectivity index is 1.57. The lowest BCUT2D eigenvalue weighted by Crippen LogP contribution is -2.49. The molecule has 2 heterocycles. The Hall–Kier alpha value is -4.07. The number of rotatable bonds is 14. The van der Waals surface area contributed by atoms with E-state index in [1.807, 2.05) is 18.2 Å². The van der Waals surface area contributed by atoms with Crippen LogP contribution in [0.15, 0.2) is 60.9 Å². The molecule has 0 spiro atoms. The molecule has 1 aliphatic heterocycles. The molecule has 1 N–H and O–H groups in total. The van der Waals surface area contributed by atoms with Gasteiger partial charge in [0.2, 0.25) is 11.7 Å². The minimum atomic E-state index is -1.10. The van der Waals surface area contributed by atoms with Crippen LogP contribution in [0.5, 0.6) is 23.0 Å². The second kappa shape index (κ2) is 16.3. The van der Waals surface area contributed by atoms with E-state index in [0.717, 1.165) is 18.4 Å². The zero-order valence-corrected chi connectivity index (χ0v) is 27.6. The number of benzene rings is 2. The topological polar surface area (TPSA) is 134 Å². The maximum atomic E-state index is 13.9. The number of aromatic nitrogens is 1. The molecule has 240 valence electrons. The lowest BCUT2D eigenvalue weighted by atomic mass is 9.99. The normalized spacial score (nSPS) is 15.8. The van der Waals surface area contributed by atoms with Crippen molar-refractivity contribution in [3.63, 3.8) is 0 Å². The predicted molar refractivity (Wildman–Crippen MR) is 173 cm³/mol. The smallest absolute Gasteiger partial charge is 0.341 e. The highest BCUT2D eigenvalue weighted by molar-refractivity contribution is 14.1. The zero-order valence-electron chi connectivity index (χ0n) is 25.4. The van der Waals surface area contributed by atoms with Crippen molar-refractivity contribution >= 4 is 40.4 Å². The fourth-order valence-electron chi connectivity index (χ4n) is 5.28. The van der Waals surface area contributed by atoms with Crippen LogP contribution in [0.4, 0.5) is 0 Å². The first-order valence-electron chi connectivity index (χ1n) is 14.5.